The molecule has 6 heteroatoms. The molecule has 3 rings (SSSR count). The number of carboxylic acid groups (broad SMARTS) is 1. The first kappa shape index (κ1) is 14.4. The Labute approximate surface area is 128 Å². The van der Waals surface area contributed by atoms with Gasteiger partial charge in [0.2, 0.25) is 0 Å². The van der Waals surface area contributed by atoms with E-state index in [-0.39, 0.29) is 5.92 Å². The minimum Gasteiger partial charge on any atom is -0.481 e. The highest BCUT2D eigenvalue weighted by Gasteiger charge is 2.40. The lowest BCUT2D eigenvalue weighted by Crippen LogP contribution is -2.24. The molecule has 0 spiro atoms. The third-order valence-corrected chi connectivity index (χ3v) is 4.06. The predicted molar refractivity (Wildman–Crippen MR) is 81.8 cm³/mol. The number of aryl methyl sites for hydroxylation is 2. The molecule has 2 atom stereocenters. The molecule has 1 fully saturated rings. The summed E-state index contributed by atoms with van der Waals surface area (Å²) in [5, 5.41) is 9.54. The first-order chi connectivity index (χ1) is 10.6. The van der Waals surface area contributed by atoms with E-state index >= 15 is 0 Å². The molecular weight excluding hydrogens is 280 g/mol. The third kappa shape index (κ3) is 2.64. The van der Waals surface area contributed by atoms with Crippen molar-refractivity contribution in [3.63, 3.8) is 0 Å². The maximum Gasteiger partial charge on any atom is 0.309 e. The van der Waals surface area contributed by atoms with Crippen LogP contribution in [0.15, 0.2) is 30.6 Å². The van der Waals surface area contributed by atoms with E-state index in [0.717, 1.165) is 22.9 Å². The molecule has 0 amide bonds. The predicted octanol–water partition coefficient (Wildman–Crippen LogP) is 1.79. The maximum atomic E-state index is 11.6. The quantitative estimate of drug-likeness (QED) is 0.930. The standard InChI is InChI=1S/C16H18N4O2/c1-10-7-18-11(2)15(19-10)20-8-12(13(9-20)16(21)22)14-5-3-4-6-17-14/h3-7,12-13H,8-9H2,1-2H3,(H,21,22)/t12-,13-/m0/s1. The van der Waals surface area contributed by atoms with Gasteiger partial charge in [-0.15, -0.1) is 0 Å². The zero-order valence-corrected chi connectivity index (χ0v) is 12.6. The normalized spacial score (nSPS) is 21.1. The number of carboxylic acids is 1. The van der Waals surface area contributed by atoms with Crippen molar-refractivity contribution in [1.29, 1.82) is 0 Å². The maximum absolute atomic E-state index is 11.6. The highest BCUT2D eigenvalue weighted by atomic mass is 16.4. The molecule has 1 aliphatic rings. The first-order valence-electron chi connectivity index (χ1n) is 7.25. The summed E-state index contributed by atoms with van der Waals surface area (Å²) in [5.41, 5.74) is 2.46. The molecule has 0 aromatic carbocycles. The number of nitrogens with zero attached hydrogens (tertiary/aromatic N) is 4. The van der Waals surface area contributed by atoms with Crippen molar-refractivity contribution >= 4 is 11.8 Å². The van der Waals surface area contributed by atoms with Crippen LogP contribution in [0.5, 0.6) is 0 Å². The SMILES string of the molecule is Cc1cnc(C)c(N2C[C@H](C(=O)O)[C@@H](c3ccccn3)C2)n1. The second kappa shape index (κ2) is 5.71. The first-order valence-corrected chi connectivity index (χ1v) is 7.25. The van der Waals surface area contributed by atoms with Crippen molar-refractivity contribution in [2.45, 2.75) is 19.8 Å². The van der Waals surface area contributed by atoms with Crippen LogP contribution in [-0.2, 0) is 4.79 Å². The number of rotatable bonds is 3. The van der Waals surface area contributed by atoms with Crippen LogP contribution in [0.2, 0.25) is 0 Å². The molecule has 1 aliphatic heterocycles. The summed E-state index contributed by atoms with van der Waals surface area (Å²) < 4.78 is 0. The van der Waals surface area contributed by atoms with Gasteiger partial charge in [0.25, 0.3) is 0 Å². The van der Waals surface area contributed by atoms with Gasteiger partial charge in [-0.1, -0.05) is 6.07 Å². The van der Waals surface area contributed by atoms with Gasteiger partial charge in [-0.25, -0.2) is 4.98 Å². The molecule has 0 unspecified atom stereocenters. The summed E-state index contributed by atoms with van der Waals surface area (Å²) in [6.07, 6.45) is 3.43. The summed E-state index contributed by atoms with van der Waals surface area (Å²) in [5.74, 6) is -0.655. The van der Waals surface area contributed by atoms with Crippen LogP contribution < -0.4 is 4.90 Å². The van der Waals surface area contributed by atoms with E-state index in [1.54, 1.807) is 12.4 Å². The fourth-order valence-electron chi connectivity index (χ4n) is 2.95. The lowest BCUT2D eigenvalue weighted by atomic mass is 9.93. The van der Waals surface area contributed by atoms with Gasteiger partial charge in [0, 0.05) is 37.1 Å². The van der Waals surface area contributed by atoms with E-state index < -0.39 is 11.9 Å². The highest BCUT2D eigenvalue weighted by molar-refractivity contribution is 5.73. The minimum atomic E-state index is -0.795. The van der Waals surface area contributed by atoms with Crippen molar-refractivity contribution in [3.8, 4) is 0 Å². The number of hydrogen-bond acceptors (Lipinski definition) is 5. The van der Waals surface area contributed by atoms with Gasteiger partial charge in [-0.05, 0) is 26.0 Å². The number of aliphatic carboxylic acids is 1. The molecule has 1 N–H and O–H groups in total. The molecular formula is C16H18N4O2. The Hall–Kier alpha value is -2.50. The third-order valence-electron chi connectivity index (χ3n) is 4.06. The molecule has 22 heavy (non-hydrogen) atoms. The Bertz CT molecular complexity index is 690. The average Bonchev–Trinajstić information content (AvgIpc) is 2.96. The van der Waals surface area contributed by atoms with Gasteiger partial charge in [0.1, 0.15) is 5.82 Å². The van der Waals surface area contributed by atoms with Gasteiger partial charge in [0.15, 0.2) is 0 Å². The van der Waals surface area contributed by atoms with Crippen LogP contribution in [-0.4, -0.2) is 39.1 Å². The summed E-state index contributed by atoms with van der Waals surface area (Å²) in [7, 11) is 0. The van der Waals surface area contributed by atoms with Crippen LogP contribution in [0.25, 0.3) is 0 Å². The Morgan fingerprint density at radius 3 is 2.77 bits per heavy atom. The molecule has 1 saturated heterocycles. The van der Waals surface area contributed by atoms with Gasteiger partial charge in [-0.3, -0.25) is 14.8 Å². The van der Waals surface area contributed by atoms with Crippen LogP contribution in [0, 0.1) is 19.8 Å². The second-order valence-electron chi connectivity index (χ2n) is 5.63. The number of hydrogen-bond donors (Lipinski definition) is 1. The van der Waals surface area contributed by atoms with Crippen LogP contribution in [0.4, 0.5) is 5.82 Å². The van der Waals surface area contributed by atoms with Gasteiger partial charge in [-0.2, -0.15) is 0 Å². The van der Waals surface area contributed by atoms with Crippen molar-refractivity contribution in [2.75, 3.05) is 18.0 Å². The Kier molecular flexibility index (Phi) is 3.75. The molecule has 0 saturated carbocycles. The molecule has 114 valence electrons. The fourth-order valence-corrected chi connectivity index (χ4v) is 2.95. The number of pyridine rings is 1. The largest absolute Gasteiger partial charge is 0.481 e. The van der Waals surface area contributed by atoms with E-state index in [1.807, 2.05) is 36.9 Å². The molecule has 2 aromatic rings. The van der Waals surface area contributed by atoms with E-state index in [0.29, 0.717) is 13.1 Å². The lowest BCUT2D eigenvalue weighted by molar-refractivity contribution is -0.141. The van der Waals surface area contributed by atoms with Gasteiger partial charge < -0.3 is 10.0 Å². The molecule has 3 heterocycles. The second-order valence-corrected chi connectivity index (χ2v) is 5.63. The fraction of sp³-hybridized carbons (Fsp3) is 0.375. The monoisotopic (exact) mass is 298 g/mol. The number of carbonyl (C=O) groups is 1. The van der Waals surface area contributed by atoms with E-state index in [2.05, 4.69) is 15.0 Å². The van der Waals surface area contributed by atoms with Crippen LogP contribution in [0.3, 0.4) is 0 Å². The molecule has 6 nitrogen and oxygen atoms in total. The van der Waals surface area contributed by atoms with Gasteiger partial charge >= 0.3 is 5.97 Å². The summed E-state index contributed by atoms with van der Waals surface area (Å²) in [4.78, 5) is 26.8. The van der Waals surface area contributed by atoms with Crippen molar-refractivity contribution < 1.29 is 9.90 Å². The van der Waals surface area contributed by atoms with Crippen molar-refractivity contribution in [2.24, 2.45) is 5.92 Å². The smallest absolute Gasteiger partial charge is 0.309 e. The van der Waals surface area contributed by atoms with E-state index in [4.69, 9.17) is 0 Å². The molecule has 0 radical (unpaired) electrons. The Morgan fingerprint density at radius 1 is 1.27 bits per heavy atom. The van der Waals surface area contributed by atoms with Gasteiger partial charge in [0.05, 0.1) is 17.3 Å². The highest BCUT2D eigenvalue weighted by Crippen LogP contribution is 2.34. The average molecular weight is 298 g/mol. The summed E-state index contributed by atoms with van der Waals surface area (Å²) >= 11 is 0. The zero-order chi connectivity index (χ0) is 15.7. The van der Waals surface area contributed by atoms with Crippen molar-refractivity contribution in [1.82, 2.24) is 15.0 Å². The molecule has 0 aliphatic carbocycles. The molecule has 2 aromatic heterocycles. The zero-order valence-electron chi connectivity index (χ0n) is 12.6. The van der Waals surface area contributed by atoms with Crippen LogP contribution >= 0.6 is 0 Å². The summed E-state index contributed by atoms with van der Waals surface area (Å²) in [6.45, 7) is 4.80. The Balaban J connectivity index is 1.94. The minimum absolute atomic E-state index is 0.139. The molecule has 0 bridgehead atoms. The Morgan fingerprint density at radius 2 is 2.09 bits per heavy atom. The van der Waals surface area contributed by atoms with E-state index in [9.17, 15) is 9.90 Å². The summed E-state index contributed by atoms with van der Waals surface area (Å²) in [6, 6.07) is 5.61. The van der Waals surface area contributed by atoms with Crippen LogP contribution in [0.1, 0.15) is 23.0 Å². The van der Waals surface area contributed by atoms with E-state index in [1.165, 1.54) is 0 Å². The number of aromatic nitrogens is 3. The topological polar surface area (TPSA) is 79.2 Å². The lowest BCUT2D eigenvalue weighted by Gasteiger charge is -2.19. The van der Waals surface area contributed by atoms with Crippen molar-refractivity contribution in [3.05, 3.63) is 47.7 Å². The number of anilines is 1.